The van der Waals surface area contributed by atoms with Crippen LogP contribution in [0.1, 0.15) is 38.5 Å². The first-order valence-corrected chi connectivity index (χ1v) is 10.5. The molecule has 1 amide bonds. The second-order valence-corrected chi connectivity index (χ2v) is 10.6. The van der Waals surface area contributed by atoms with Gasteiger partial charge in [0.2, 0.25) is 11.0 Å². The lowest BCUT2D eigenvalue weighted by Crippen LogP contribution is -2.57. The molecule has 0 aliphatic heterocycles. The van der Waals surface area contributed by atoms with E-state index in [2.05, 4.69) is 30.6 Å². The van der Waals surface area contributed by atoms with Gasteiger partial charge in [0.25, 0.3) is 0 Å². The number of halogens is 1. The highest BCUT2D eigenvalue weighted by Gasteiger charge is 2.59. The molecule has 4 fully saturated rings. The molecule has 2 atom stereocenters. The molecule has 2 aromatic rings. The number of hydrogen-bond donors (Lipinski definition) is 1. The first-order chi connectivity index (χ1) is 12.0. The van der Waals surface area contributed by atoms with Gasteiger partial charge >= 0.3 is 0 Å². The Morgan fingerprint density at radius 3 is 2.56 bits per heavy atom. The highest BCUT2D eigenvalue weighted by molar-refractivity contribution is 9.10. The van der Waals surface area contributed by atoms with Crippen LogP contribution in [-0.4, -0.2) is 19.6 Å². The molecule has 0 spiro atoms. The fourth-order valence-electron chi connectivity index (χ4n) is 5.62. The van der Waals surface area contributed by atoms with E-state index in [1.54, 1.807) is 0 Å². The van der Waals surface area contributed by atoms with E-state index in [0.29, 0.717) is 22.8 Å². The Balaban J connectivity index is 1.37. The van der Waals surface area contributed by atoms with Crippen LogP contribution in [0.4, 0.5) is 5.13 Å². The summed E-state index contributed by atoms with van der Waals surface area (Å²) in [6.07, 6.45) is 6.80. The zero-order valence-electron chi connectivity index (χ0n) is 13.9. The van der Waals surface area contributed by atoms with Crippen molar-refractivity contribution in [3.8, 4) is 11.4 Å². The molecule has 0 radical (unpaired) electrons. The van der Waals surface area contributed by atoms with E-state index in [9.17, 15) is 4.79 Å². The molecule has 4 bridgehead atoms. The second-order valence-electron chi connectivity index (χ2n) is 8.14. The lowest BCUT2D eigenvalue weighted by Gasteiger charge is -2.59. The van der Waals surface area contributed by atoms with Crippen molar-refractivity contribution < 1.29 is 4.79 Å². The van der Waals surface area contributed by atoms with Gasteiger partial charge in [-0.25, -0.2) is 0 Å². The maximum absolute atomic E-state index is 13.2. The number of alkyl halides is 1. The first kappa shape index (κ1) is 15.9. The molecule has 6 rings (SSSR count). The van der Waals surface area contributed by atoms with Gasteiger partial charge in [0.05, 0.1) is 5.41 Å². The highest BCUT2D eigenvalue weighted by Crippen LogP contribution is 2.64. The number of carbonyl (C=O) groups is 1. The van der Waals surface area contributed by atoms with Crippen LogP contribution in [0.3, 0.4) is 0 Å². The minimum Gasteiger partial charge on any atom is -0.300 e. The smallest absolute Gasteiger partial charge is 0.232 e. The maximum atomic E-state index is 13.2. The van der Waals surface area contributed by atoms with Gasteiger partial charge in [0, 0.05) is 21.4 Å². The molecule has 1 aromatic heterocycles. The molecule has 4 aliphatic rings. The van der Waals surface area contributed by atoms with Crippen LogP contribution in [-0.2, 0) is 4.79 Å². The summed E-state index contributed by atoms with van der Waals surface area (Å²) in [5.74, 6) is 2.23. The summed E-state index contributed by atoms with van der Waals surface area (Å²) in [4.78, 5) is 17.7. The summed E-state index contributed by atoms with van der Waals surface area (Å²) in [6.45, 7) is 0. The molecule has 1 N–H and O–H groups in total. The molecule has 25 heavy (non-hydrogen) atoms. The molecule has 4 aliphatic carbocycles. The van der Waals surface area contributed by atoms with Gasteiger partial charge in [0.15, 0.2) is 5.82 Å². The molecule has 2 unspecified atom stereocenters. The van der Waals surface area contributed by atoms with Crippen LogP contribution in [0.5, 0.6) is 0 Å². The summed E-state index contributed by atoms with van der Waals surface area (Å²) >= 11 is 5.25. The average Bonchev–Trinajstić information content (AvgIpc) is 3.02. The largest absolute Gasteiger partial charge is 0.300 e. The average molecular weight is 418 g/mol. The van der Waals surface area contributed by atoms with E-state index < -0.39 is 0 Å². The Bertz CT molecular complexity index is 807. The van der Waals surface area contributed by atoms with Crippen LogP contribution < -0.4 is 5.32 Å². The summed E-state index contributed by atoms with van der Waals surface area (Å²) < 4.78 is 4.59. The van der Waals surface area contributed by atoms with E-state index in [1.807, 2.05) is 30.3 Å². The molecular formula is C19H20BrN3OS. The van der Waals surface area contributed by atoms with Crippen molar-refractivity contribution in [1.29, 1.82) is 0 Å². The first-order valence-electron chi connectivity index (χ1n) is 8.93. The summed E-state index contributed by atoms with van der Waals surface area (Å²) in [5.41, 5.74) is 0.764. The quantitative estimate of drug-likeness (QED) is 0.723. The fourth-order valence-corrected chi connectivity index (χ4v) is 7.66. The highest BCUT2D eigenvalue weighted by atomic mass is 79.9. The van der Waals surface area contributed by atoms with Gasteiger partial charge in [-0.15, -0.1) is 0 Å². The van der Waals surface area contributed by atoms with Gasteiger partial charge in [-0.3, -0.25) is 4.79 Å². The Morgan fingerprint density at radius 1 is 1.16 bits per heavy atom. The number of anilines is 1. The zero-order chi connectivity index (χ0) is 17.1. The van der Waals surface area contributed by atoms with E-state index >= 15 is 0 Å². The third kappa shape index (κ3) is 2.74. The predicted molar refractivity (Wildman–Crippen MR) is 103 cm³/mol. The van der Waals surface area contributed by atoms with Crippen molar-refractivity contribution in [3.63, 3.8) is 0 Å². The Labute approximate surface area is 159 Å². The minimum absolute atomic E-state index is 0.154. The molecular weight excluding hydrogens is 398 g/mol. The van der Waals surface area contributed by atoms with Crippen LogP contribution in [0.25, 0.3) is 11.4 Å². The molecule has 6 heteroatoms. The lowest BCUT2D eigenvalue weighted by atomic mass is 9.49. The van der Waals surface area contributed by atoms with Crippen LogP contribution in [0.2, 0.25) is 0 Å². The number of aromatic nitrogens is 2. The van der Waals surface area contributed by atoms with Crippen molar-refractivity contribution in [1.82, 2.24) is 9.36 Å². The summed E-state index contributed by atoms with van der Waals surface area (Å²) in [5, 5.41) is 3.71. The molecule has 4 nitrogen and oxygen atoms in total. The summed E-state index contributed by atoms with van der Waals surface area (Å²) in [6, 6.07) is 9.89. The number of amides is 1. The van der Waals surface area contributed by atoms with Crippen LogP contribution >= 0.6 is 27.5 Å². The molecule has 1 heterocycles. The van der Waals surface area contributed by atoms with Crippen LogP contribution in [0, 0.1) is 17.3 Å². The number of nitrogens with one attached hydrogen (secondary N) is 1. The number of carbonyl (C=O) groups excluding carboxylic acids is 1. The Hall–Kier alpha value is -1.27. The minimum atomic E-state index is -0.216. The number of nitrogens with zero attached hydrogens (tertiary/aromatic N) is 2. The van der Waals surface area contributed by atoms with Crippen molar-refractivity contribution >= 4 is 38.5 Å². The molecule has 4 saturated carbocycles. The van der Waals surface area contributed by atoms with E-state index in [0.717, 1.165) is 24.8 Å². The molecule has 0 saturated heterocycles. The predicted octanol–water partition coefficient (Wildman–Crippen LogP) is 4.88. The lowest BCUT2D eigenvalue weighted by molar-refractivity contribution is -0.138. The van der Waals surface area contributed by atoms with E-state index in [4.69, 9.17) is 0 Å². The fraction of sp³-hybridized carbons (Fsp3) is 0.526. The standard InChI is InChI=1S/C19H20BrN3OS/c20-19-9-12-6-13(10-19)8-18(7-12,11-19)16(24)22-17-21-15(23-25-17)14-4-2-1-3-5-14/h1-5,12-13H,6-11H2,(H,21,22,23,24). The topological polar surface area (TPSA) is 54.9 Å². The Morgan fingerprint density at radius 2 is 1.88 bits per heavy atom. The van der Waals surface area contributed by atoms with Crippen molar-refractivity contribution in [2.75, 3.05) is 5.32 Å². The van der Waals surface area contributed by atoms with Crippen molar-refractivity contribution in [2.45, 2.75) is 42.8 Å². The van der Waals surface area contributed by atoms with E-state index in [1.165, 1.54) is 30.8 Å². The van der Waals surface area contributed by atoms with Crippen LogP contribution in [0.15, 0.2) is 30.3 Å². The second kappa shape index (κ2) is 5.61. The van der Waals surface area contributed by atoms with Gasteiger partial charge in [-0.05, 0) is 50.4 Å². The third-order valence-electron chi connectivity index (χ3n) is 6.15. The molecule has 1 aromatic carbocycles. The zero-order valence-corrected chi connectivity index (χ0v) is 16.3. The van der Waals surface area contributed by atoms with Gasteiger partial charge in [-0.2, -0.15) is 9.36 Å². The van der Waals surface area contributed by atoms with Gasteiger partial charge in [-0.1, -0.05) is 46.3 Å². The SMILES string of the molecule is O=C(Nc1nc(-c2ccccc2)ns1)C12CC3CC(CC(Br)(C3)C1)C2. The van der Waals surface area contributed by atoms with Gasteiger partial charge < -0.3 is 5.32 Å². The maximum Gasteiger partial charge on any atom is 0.232 e. The Kier molecular flexibility index (Phi) is 3.58. The third-order valence-corrected chi connectivity index (χ3v) is 7.71. The number of rotatable bonds is 3. The molecule has 130 valence electrons. The number of benzene rings is 1. The monoisotopic (exact) mass is 417 g/mol. The van der Waals surface area contributed by atoms with Gasteiger partial charge in [0.1, 0.15) is 0 Å². The summed E-state index contributed by atoms with van der Waals surface area (Å²) in [7, 11) is 0. The number of hydrogen-bond acceptors (Lipinski definition) is 4. The van der Waals surface area contributed by atoms with E-state index in [-0.39, 0.29) is 15.6 Å². The normalized spacial score (nSPS) is 35.7. The van der Waals surface area contributed by atoms with Crippen molar-refractivity contribution in [2.24, 2.45) is 17.3 Å². The van der Waals surface area contributed by atoms with Crippen molar-refractivity contribution in [3.05, 3.63) is 30.3 Å².